The van der Waals surface area contributed by atoms with E-state index in [0.29, 0.717) is 12.6 Å². The van der Waals surface area contributed by atoms with E-state index in [9.17, 15) is 0 Å². The molecule has 0 aromatic carbocycles. The van der Waals surface area contributed by atoms with E-state index < -0.39 is 0 Å². The van der Waals surface area contributed by atoms with Gasteiger partial charge in [0.05, 0.1) is 11.7 Å². The largest absolute Gasteiger partial charge is 0.325 e. The fourth-order valence-electron chi connectivity index (χ4n) is 2.70. The average molecular weight is 205 g/mol. The first-order valence-corrected chi connectivity index (χ1v) is 6.17. The molecule has 0 spiro atoms. The maximum Gasteiger partial charge on any atom is 0.0763 e. The molecular weight excluding hydrogens is 186 g/mol. The van der Waals surface area contributed by atoms with Gasteiger partial charge in [-0.1, -0.05) is 12.8 Å². The molecule has 1 aromatic rings. The van der Waals surface area contributed by atoms with Gasteiger partial charge >= 0.3 is 0 Å². The van der Waals surface area contributed by atoms with Gasteiger partial charge in [-0.25, -0.2) is 0 Å². The Bertz CT molecular complexity index is 346. The smallest absolute Gasteiger partial charge is 0.0763 e. The van der Waals surface area contributed by atoms with E-state index in [2.05, 4.69) is 15.8 Å². The average Bonchev–Trinajstić information content (AvgIpc) is 2.83. The molecule has 0 atom stereocenters. The topological polar surface area (TPSA) is 43.8 Å². The normalized spacial score (nSPS) is 22.5. The van der Waals surface area contributed by atoms with Crippen molar-refractivity contribution in [2.75, 3.05) is 0 Å². The Balaban J connectivity index is 1.92. The maximum atomic E-state index is 5.68. The molecule has 2 N–H and O–H groups in total. The van der Waals surface area contributed by atoms with Crippen LogP contribution in [0.15, 0.2) is 6.07 Å². The number of hydrogen-bond donors (Lipinski definition) is 1. The van der Waals surface area contributed by atoms with E-state index in [1.54, 1.807) is 0 Å². The summed E-state index contributed by atoms with van der Waals surface area (Å²) in [6.45, 7) is 0.583. The molecule has 3 rings (SSSR count). The summed E-state index contributed by atoms with van der Waals surface area (Å²) < 4.78 is 2.28. The van der Waals surface area contributed by atoms with Gasteiger partial charge in [0.2, 0.25) is 0 Å². The molecule has 15 heavy (non-hydrogen) atoms. The number of hydrogen-bond acceptors (Lipinski definition) is 2. The summed E-state index contributed by atoms with van der Waals surface area (Å²) in [6, 6.07) is 2.94. The zero-order chi connectivity index (χ0) is 10.3. The number of rotatable bonds is 3. The van der Waals surface area contributed by atoms with Crippen LogP contribution in [0.4, 0.5) is 0 Å². The minimum atomic E-state index is 0.583. The van der Waals surface area contributed by atoms with Gasteiger partial charge in [0.15, 0.2) is 0 Å². The fraction of sp³-hybridized carbons (Fsp3) is 0.750. The summed E-state index contributed by atoms with van der Waals surface area (Å²) in [7, 11) is 0. The van der Waals surface area contributed by atoms with E-state index >= 15 is 0 Å². The van der Waals surface area contributed by atoms with Gasteiger partial charge in [-0.3, -0.25) is 4.68 Å². The predicted molar refractivity (Wildman–Crippen MR) is 59.6 cm³/mol. The Hall–Kier alpha value is -0.830. The van der Waals surface area contributed by atoms with Crippen LogP contribution in [0.3, 0.4) is 0 Å². The predicted octanol–water partition coefficient (Wildman–Crippen LogP) is 2.33. The van der Waals surface area contributed by atoms with Crippen LogP contribution >= 0.6 is 0 Å². The van der Waals surface area contributed by atoms with Crippen molar-refractivity contribution in [3.8, 4) is 0 Å². The summed E-state index contributed by atoms with van der Waals surface area (Å²) in [6.07, 6.45) is 8.10. The number of nitrogens with zero attached hydrogens (tertiary/aromatic N) is 2. The molecule has 82 valence electrons. The van der Waals surface area contributed by atoms with Crippen LogP contribution in [0.5, 0.6) is 0 Å². The Morgan fingerprint density at radius 3 is 2.60 bits per heavy atom. The van der Waals surface area contributed by atoms with Crippen molar-refractivity contribution < 1.29 is 0 Å². The van der Waals surface area contributed by atoms with Crippen LogP contribution in [0.25, 0.3) is 0 Å². The summed E-state index contributed by atoms with van der Waals surface area (Å²) in [5, 5.41) is 4.63. The van der Waals surface area contributed by atoms with Crippen molar-refractivity contribution in [3.63, 3.8) is 0 Å². The first-order valence-electron chi connectivity index (χ1n) is 6.17. The highest BCUT2D eigenvalue weighted by atomic mass is 15.3. The first kappa shape index (κ1) is 9.40. The zero-order valence-corrected chi connectivity index (χ0v) is 9.15. The molecule has 2 fully saturated rings. The van der Waals surface area contributed by atoms with Crippen molar-refractivity contribution in [3.05, 3.63) is 17.5 Å². The molecule has 0 bridgehead atoms. The highest BCUT2D eigenvalue weighted by Gasteiger charge is 2.30. The Labute approximate surface area is 90.7 Å². The monoisotopic (exact) mass is 205 g/mol. The van der Waals surface area contributed by atoms with E-state index in [1.165, 1.54) is 44.2 Å². The molecule has 2 aliphatic carbocycles. The van der Waals surface area contributed by atoms with Gasteiger partial charge in [0.1, 0.15) is 0 Å². The number of nitrogens with two attached hydrogens (primary N) is 1. The molecule has 2 aliphatic rings. The van der Waals surface area contributed by atoms with Crippen LogP contribution in [-0.4, -0.2) is 9.78 Å². The third kappa shape index (κ3) is 1.69. The lowest BCUT2D eigenvalue weighted by molar-refractivity contribution is 0.553. The first-order chi connectivity index (χ1) is 7.38. The van der Waals surface area contributed by atoms with Gasteiger partial charge in [0, 0.05) is 18.2 Å². The van der Waals surface area contributed by atoms with E-state index in [4.69, 9.17) is 5.73 Å². The minimum Gasteiger partial charge on any atom is -0.325 e. The number of aromatic nitrogens is 2. The highest BCUT2D eigenvalue weighted by Crippen LogP contribution is 2.41. The van der Waals surface area contributed by atoms with Crippen LogP contribution in [0.2, 0.25) is 0 Å². The van der Waals surface area contributed by atoms with E-state index in [-0.39, 0.29) is 0 Å². The highest BCUT2D eigenvalue weighted by molar-refractivity contribution is 5.17. The Kier molecular flexibility index (Phi) is 2.28. The lowest BCUT2D eigenvalue weighted by Gasteiger charge is -2.11. The van der Waals surface area contributed by atoms with Crippen molar-refractivity contribution >= 4 is 0 Å². The van der Waals surface area contributed by atoms with Crippen LogP contribution in [0.1, 0.15) is 61.9 Å². The molecule has 0 saturated heterocycles. The van der Waals surface area contributed by atoms with E-state index in [1.807, 2.05) is 0 Å². The van der Waals surface area contributed by atoms with Crippen LogP contribution < -0.4 is 5.73 Å². The minimum absolute atomic E-state index is 0.583. The molecule has 1 heterocycles. The van der Waals surface area contributed by atoms with Crippen molar-refractivity contribution in [1.29, 1.82) is 0 Å². The molecule has 0 amide bonds. The van der Waals surface area contributed by atoms with Gasteiger partial charge < -0.3 is 5.73 Å². The molecule has 1 aromatic heterocycles. The summed E-state index contributed by atoms with van der Waals surface area (Å²) in [5.74, 6) is 0.762. The van der Waals surface area contributed by atoms with Crippen LogP contribution in [0, 0.1) is 0 Å². The Morgan fingerprint density at radius 2 is 2.00 bits per heavy atom. The van der Waals surface area contributed by atoms with Crippen molar-refractivity contribution in [2.45, 2.75) is 57.0 Å². The van der Waals surface area contributed by atoms with Crippen LogP contribution in [-0.2, 0) is 6.54 Å². The van der Waals surface area contributed by atoms with Gasteiger partial charge in [-0.2, -0.15) is 5.10 Å². The van der Waals surface area contributed by atoms with Crippen molar-refractivity contribution in [2.24, 2.45) is 5.73 Å². The molecule has 0 unspecified atom stereocenters. The molecule has 0 aliphatic heterocycles. The quantitative estimate of drug-likeness (QED) is 0.823. The molecule has 3 nitrogen and oxygen atoms in total. The molecular formula is C12H19N3. The third-order valence-electron chi connectivity index (χ3n) is 3.69. The summed E-state index contributed by atoms with van der Waals surface area (Å²) >= 11 is 0. The molecule has 2 saturated carbocycles. The Morgan fingerprint density at radius 1 is 1.27 bits per heavy atom. The second kappa shape index (κ2) is 3.63. The van der Waals surface area contributed by atoms with Gasteiger partial charge in [-0.05, 0) is 31.7 Å². The summed E-state index contributed by atoms with van der Waals surface area (Å²) in [4.78, 5) is 0. The van der Waals surface area contributed by atoms with E-state index in [0.717, 1.165) is 11.6 Å². The van der Waals surface area contributed by atoms with Gasteiger partial charge in [0.25, 0.3) is 0 Å². The third-order valence-corrected chi connectivity index (χ3v) is 3.69. The fourth-order valence-corrected chi connectivity index (χ4v) is 2.70. The second-order valence-electron chi connectivity index (χ2n) is 4.92. The molecule has 0 radical (unpaired) electrons. The lowest BCUT2D eigenvalue weighted by Crippen LogP contribution is -2.06. The standard InChI is InChI=1S/C12H19N3/c13-8-10-7-12(9-3-1-2-4-9)15(14-10)11-5-6-11/h7,9,11H,1-6,8,13H2. The zero-order valence-electron chi connectivity index (χ0n) is 9.15. The second-order valence-corrected chi connectivity index (χ2v) is 4.92. The molecule has 3 heteroatoms. The van der Waals surface area contributed by atoms with Gasteiger partial charge in [-0.15, -0.1) is 0 Å². The summed E-state index contributed by atoms with van der Waals surface area (Å²) in [5.41, 5.74) is 8.22. The SMILES string of the molecule is NCc1cc(C2CCCC2)n(C2CC2)n1. The maximum absolute atomic E-state index is 5.68. The lowest BCUT2D eigenvalue weighted by atomic mass is 10.0. The van der Waals surface area contributed by atoms with Crippen molar-refractivity contribution in [1.82, 2.24) is 9.78 Å².